The van der Waals surface area contributed by atoms with Gasteiger partial charge in [0.15, 0.2) is 0 Å². The second-order valence-corrected chi connectivity index (χ2v) is 14.8. The van der Waals surface area contributed by atoms with Crippen LogP contribution in [0.15, 0.2) is 72.8 Å². The van der Waals surface area contributed by atoms with Crippen molar-refractivity contribution in [3.63, 3.8) is 0 Å². The van der Waals surface area contributed by atoms with Crippen LogP contribution in [0.25, 0.3) is 21.5 Å². The molecule has 0 saturated heterocycles. The zero-order chi connectivity index (χ0) is 34.1. The lowest BCUT2D eigenvalue weighted by Crippen LogP contribution is -3.00. The third-order valence-corrected chi connectivity index (χ3v) is 10.3. The molecule has 0 bridgehead atoms. The first-order chi connectivity index (χ1) is 23.0. The van der Waals surface area contributed by atoms with Crippen LogP contribution in [0.2, 0.25) is 0 Å². The van der Waals surface area contributed by atoms with E-state index < -0.39 is 0 Å². The third-order valence-electron chi connectivity index (χ3n) is 10.3. The topological polar surface area (TPSA) is 74.8 Å². The maximum absolute atomic E-state index is 13.2. The maximum Gasteiger partial charge on any atom is 0.261 e. The summed E-state index contributed by atoms with van der Waals surface area (Å²) in [6, 6.07) is 22.6. The van der Waals surface area contributed by atoms with Crippen molar-refractivity contribution in [3.05, 3.63) is 95.1 Å². The SMILES string of the molecule is C[N+](C)(CCCCCC[N+](C)(C)CCCN1C(=O)c2cccc3cccc(c23)C1=O)CCCN1C(=O)c2cccc3cccc(c23)C1=O.[Br-].[Br-]. The summed E-state index contributed by atoms with van der Waals surface area (Å²) in [5.74, 6) is -0.748. The number of nitrogens with zero attached hydrogens (tertiary/aromatic N) is 4. The van der Waals surface area contributed by atoms with Gasteiger partial charge in [0, 0.05) is 59.0 Å². The summed E-state index contributed by atoms with van der Waals surface area (Å²) >= 11 is 0. The lowest BCUT2D eigenvalue weighted by molar-refractivity contribution is -0.891. The number of imide groups is 2. The molecule has 266 valence electrons. The molecular weight excluding hydrogens is 760 g/mol. The summed E-state index contributed by atoms with van der Waals surface area (Å²) in [6.07, 6.45) is 6.12. The van der Waals surface area contributed by atoms with Gasteiger partial charge in [0.05, 0.1) is 54.4 Å². The molecule has 0 fully saturated rings. The second kappa shape index (κ2) is 16.3. The van der Waals surface area contributed by atoms with Crippen LogP contribution in [0.5, 0.6) is 0 Å². The summed E-state index contributed by atoms with van der Waals surface area (Å²) < 4.78 is 1.72. The van der Waals surface area contributed by atoms with Gasteiger partial charge < -0.3 is 42.9 Å². The van der Waals surface area contributed by atoms with Gasteiger partial charge in [-0.1, -0.05) is 48.5 Å². The van der Waals surface area contributed by atoms with Crippen molar-refractivity contribution >= 4 is 45.2 Å². The molecule has 2 aliphatic rings. The summed E-state index contributed by atoms with van der Waals surface area (Å²) in [4.78, 5) is 55.7. The zero-order valence-electron chi connectivity index (χ0n) is 29.6. The van der Waals surface area contributed by atoms with E-state index in [2.05, 4.69) is 28.2 Å². The van der Waals surface area contributed by atoms with Gasteiger partial charge in [-0.15, -0.1) is 0 Å². The van der Waals surface area contributed by atoms with Crippen LogP contribution in [-0.2, 0) is 0 Å². The van der Waals surface area contributed by atoms with Crippen LogP contribution in [0.1, 0.15) is 80.0 Å². The molecule has 2 heterocycles. The van der Waals surface area contributed by atoms with Crippen molar-refractivity contribution < 1.29 is 62.1 Å². The number of carbonyl (C=O) groups is 4. The molecule has 0 spiro atoms. The molecule has 6 rings (SSSR count). The van der Waals surface area contributed by atoms with Gasteiger partial charge >= 0.3 is 0 Å². The highest BCUT2D eigenvalue weighted by atomic mass is 79.9. The molecule has 0 radical (unpaired) electrons. The molecule has 4 aromatic rings. The van der Waals surface area contributed by atoms with Crippen LogP contribution in [0.4, 0.5) is 0 Å². The summed E-state index contributed by atoms with van der Waals surface area (Å²) in [5, 5.41) is 3.42. The number of amides is 4. The Morgan fingerprint density at radius 2 is 0.700 bits per heavy atom. The van der Waals surface area contributed by atoms with Crippen molar-refractivity contribution in [2.45, 2.75) is 38.5 Å². The van der Waals surface area contributed by atoms with Gasteiger partial charge in [-0.25, -0.2) is 0 Å². The second-order valence-electron chi connectivity index (χ2n) is 14.8. The van der Waals surface area contributed by atoms with Crippen LogP contribution >= 0.6 is 0 Å². The van der Waals surface area contributed by atoms with Crippen molar-refractivity contribution in [1.82, 2.24) is 9.80 Å². The lowest BCUT2D eigenvalue weighted by Gasteiger charge is -2.32. The fourth-order valence-corrected chi connectivity index (χ4v) is 7.54. The van der Waals surface area contributed by atoms with Crippen molar-refractivity contribution in [3.8, 4) is 0 Å². The molecule has 8 nitrogen and oxygen atoms in total. The van der Waals surface area contributed by atoms with Crippen LogP contribution in [-0.4, -0.2) is 110 Å². The predicted molar refractivity (Wildman–Crippen MR) is 190 cm³/mol. The average Bonchev–Trinajstić information content (AvgIpc) is 3.07. The number of halogens is 2. The molecule has 50 heavy (non-hydrogen) atoms. The number of hydrogen-bond acceptors (Lipinski definition) is 4. The van der Waals surface area contributed by atoms with E-state index >= 15 is 0 Å². The highest BCUT2D eigenvalue weighted by Crippen LogP contribution is 2.31. The molecule has 10 heteroatoms. The van der Waals surface area contributed by atoms with E-state index in [1.54, 1.807) is 0 Å². The first-order valence-corrected chi connectivity index (χ1v) is 17.4. The molecule has 0 saturated carbocycles. The minimum Gasteiger partial charge on any atom is -1.00 e. The normalized spacial score (nSPS) is 14.3. The average molecular weight is 809 g/mol. The first-order valence-electron chi connectivity index (χ1n) is 17.4. The molecule has 0 aliphatic carbocycles. The lowest BCUT2D eigenvalue weighted by atomic mass is 9.94. The van der Waals surface area contributed by atoms with Crippen molar-refractivity contribution in [2.24, 2.45) is 0 Å². The molecule has 4 aromatic carbocycles. The maximum atomic E-state index is 13.2. The first kappa shape index (κ1) is 39.3. The van der Waals surface area contributed by atoms with E-state index in [1.807, 2.05) is 72.8 Å². The summed E-state index contributed by atoms with van der Waals surface area (Å²) in [5.41, 5.74) is 2.48. The Bertz CT molecular complexity index is 1670. The van der Waals surface area contributed by atoms with E-state index in [9.17, 15) is 19.2 Å². The largest absolute Gasteiger partial charge is 1.00 e. The van der Waals surface area contributed by atoms with Gasteiger partial charge in [0.2, 0.25) is 0 Å². The number of benzene rings is 4. The van der Waals surface area contributed by atoms with E-state index in [4.69, 9.17) is 0 Å². The fraction of sp³-hybridized carbons (Fsp3) is 0.400. The highest BCUT2D eigenvalue weighted by Gasteiger charge is 2.34. The number of carbonyl (C=O) groups excluding carboxylic acids is 4. The van der Waals surface area contributed by atoms with Crippen molar-refractivity contribution in [2.75, 3.05) is 67.5 Å². The van der Waals surface area contributed by atoms with Crippen LogP contribution < -0.4 is 34.0 Å². The van der Waals surface area contributed by atoms with Gasteiger partial charge in [0.25, 0.3) is 23.6 Å². The number of hydrogen-bond donors (Lipinski definition) is 0. The Kier molecular flexibility index (Phi) is 12.8. The third kappa shape index (κ3) is 8.20. The zero-order valence-corrected chi connectivity index (χ0v) is 32.8. The van der Waals surface area contributed by atoms with E-state index in [0.29, 0.717) is 35.3 Å². The molecule has 0 N–H and O–H groups in total. The molecule has 0 unspecified atom stereocenters. The Morgan fingerprint density at radius 1 is 0.420 bits per heavy atom. The van der Waals surface area contributed by atoms with E-state index in [-0.39, 0.29) is 57.6 Å². The van der Waals surface area contributed by atoms with Gasteiger partial charge in [-0.2, -0.15) is 0 Å². The Morgan fingerprint density at radius 3 is 1.00 bits per heavy atom. The number of quaternary nitrogens is 2. The Balaban J connectivity index is 0.00000281. The monoisotopic (exact) mass is 806 g/mol. The fourth-order valence-electron chi connectivity index (χ4n) is 7.54. The standard InChI is InChI=1S/C40H48N4O4.2BrH/c1-43(2,27-13-23-41-37(45)31-19-9-15-29-16-10-20-32(35(29)31)38(41)46)25-7-5-6-8-26-44(3,4)28-14-24-42-39(47)33-21-11-17-30-18-12-22-34(36(30)33)40(42)48;;/h9-12,15-22H,5-8,13-14,23-28H2,1-4H3;2*1H/q+2;;/p-2. The Labute approximate surface area is 316 Å². The summed E-state index contributed by atoms with van der Waals surface area (Å²) in [7, 11) is 8.92. The van der Waals surface area contributed by atoms with Crippen molar-refractivity contribution in [1.29, 1.82) is 0 Å². The number of unbranched alkanes of at least 4 members (excludes halogenated alkanes) is 3. The van der Waals surface area contributed by atoms with E-state index in [0.717, 1.165) is 95.2 Å². The smallest absolute Gasteiger partial charge is 0.261 e. The molecule has 2 aliphatic heterocycles. The molecular formula is C40H48Br2N4O4. The van der Waals surface area contributed by atoms with Crippen LogP contribution in [0, 0.1) is 0 Å². The molecule has 4 amide bonds. The minimum atomic E-state index is -0.187. The van der Waals surface area contributed by atoms with Gasteiger partial charge in [-0.3, -0.25) is 29.0 Å². The van der Waals surface area contributed by atoms with Crippen LogP contribution in [0.3, 0.4) is 0 Å². The Hall–Kier alpha value is -3.44. The predicted octanol–water partition coefficient (Wildman–Crippen LogP) is 0.387. The summed E-state index contributed by atoms with van der Waals surface area (Å²) in [6.45, 7) is 4.76. The van der Waals surface area contributed by atoms with Gasteiger partial charge in [-0.05, 0) is 60.7 Å². The van der Waals surface area contributed by atoms with E-state index in [1.165, 1.54) is 9.80 Å². The minimum absolute atomic E-state index is 0. The molecule has 0 aromatic heterocycles. The highest BCUT2D eigenvalue weighted by molar-refractivity contribution is 6.26. The van der Waals surface area contributed by atoms with Gasteiger partial charge in [0.1, 0.15) is 0 Å². The quantitative estimate of drug-likeness (QED) is 0.0992. The number of rotatable bonds is 15. The molecule has 0 atom stereocenters.